The summed E-state index contributed by atoms with van der Waals surface area (Å²) in [4.78, 5) is 16.6. The molecule has 3 aromatic rings. The van der Waals surface area contributed by atoms with E-state index in [4.69, 9.17) is 9.15 Å². The van der Waals surface area contributed by atoms with Crippen LogP contribution in [-0.2, 0) is 13.6 Å². The predicted octanol–water partition coefficient (Wildman–Crippen LogP) is 2.34. The minimum Gasteiger partial charge on any atom is -0.504 e. The molecule has 0 aliphatic rings. The van der Waals surface area contributed by atoms with Crippen LogP contribution in [0.4, 0.5) is 0 Å². The predicted molar refractivity (Wildman–Crippen MR) is 94.0 cm³/mol. The number of ether oxygens (including phenoxy) is 1. The van der Waals surface area contributed by atoms with Crippen LogP contribution in [0.15, 0.2) is 28.7 Å². The Bertz CT molecular complexity index is 939. The molecule has 3 rings (SSSR count). The number of benzene rings is 1. The zero-order chi connectivity index (χ0) is 18.8. The molecule has 136 valence electrons. The van der Waals surface area contributed by atoms with Gasteiger partial charge >= 0.3 is 0 Å². The zero-order valence-electron chi connectivity index (χ0n) is 15.0. The van der Waals surface area contributed by atoms with E-state index in [2.05, 4.69) is 15.4 Å². The molecule has 0 bridgehead atoms. The third-order valence-corrected chi connectivity index (χ3v) is 4.08. The maximum Gasteiger partial charge on any atom is 0.272 e. The normalized spacial score (nSPS) is 10.8. The molecule has 0 aliphatic carbocycles. The number of hydrogen-bond acceptors (Lipinski definition) is 6. The fourth-order valence-electron chi connectivity index (χ4n) is 2.46. The Hall–Kier alpha value is -3.29. The van der Waals surface area contributed by atoms with Gasteiger partial charge in [-0.05, 0) is 38.1 Å². The standard InChI is InChI=1S/C18H20N4O4/c1-10-7-13(21-22(10)3)17(24)19-9-14-11(2)26-18(20-14)12-5-6-16(25-4)15(23)8-12/h5-8,23H,9H2,1-4H3,(H,19,24). The maximum absolute atomic E-state index is 12.2. The number of carbonyl (C=O) groups excluding carboxylic acids is 1. The lowest BCUT2D eigenvalue weighted by Crippen LogP contribution is -2.23. The number of aromatic hydroxyl groups is 1. The first-order valence-electron chi connectivity index (χ1n) is 8.01. The Morgan fingerprint density at radius 3 is 2.73 bits per heavy atom. The van der Waals surface area contributed by atoms with Gasteiger partial charge in [0.2, 0.25) is 5.89 Å². The van der Waals surface area contributed by atoms with Crippen molar-refractivity contribution in [2.45, 2.75) is 20.4 Å². The summed E-state index contributed by atoms with van der Waals surface area (Å²) in [7, 11) is 3.26. The molecular weight excluding hydrogens is 336 g/mol. The third kappa shape index (κ3) is 3.39. The first-order chi connectivity index (χ1) is 12.4. The molecule has 0 fully saturated rings. The Labute approximate surface area is 150 Å². The van der Waals surface area contributed by atoms with Gasteiger partial charge in [0.15, 0.2) is 11.5 Å². The molecule has 0 unspecified atom stereocenters. The molecule has 2 aromatic heterocycles. The lowest BCUT2D eigenvalue weighted by molar-refractivity contribution is 0.0944. The van der Waals surface area contributed by atoms with Crippen LogP contribution in [0.5, 0.6) is 11.5 Å². The fraction of sp³-hybridized carbons (Fsp3) is 0.278. The van der Waals surface area contributed by atoms with Crippen molar-refractivity contribution in [3.05, 3.63) is 47.1 Å². The summed E-state index contributed by atoms with van der Waals surface area (Å²) in [5.74, 6) is 1.04. The molecule has 8 nitrogen and oxygen atoms in total. The molecule has 26 heavy (non-hydrogen) atoms. The first kappa shape index (κ1) is 17.5. The van der Waals surface area contributed by atoms with E-state index >= 15 is 0 Å². The molecule has 0 radical (unpaired) electrons. The minimum atomic E-state index is -0.278. The van der Waals surface area contributed by atoms with Crippen molar-refractivity contribution < 1.29 is 19.1 Å². The highest BCUT2D eigenvalue weighted by Gasteiger charge is 2.16. The van der Waals surface area contributed by atoms with Gasteiger partial charge in [0.05, 0.1) is 13.7 Å². The SMILES string of the molecule is COc1ccc(-c2nc(CNC(=O)c3cc(C)n(C)n3)c(C)o2)cc1O. The van der Waals surface area contributed by atoms with Crippen LogP contribution in [0.1, 0.15) is 27.6 Å². The van der Waals surface area contributed by atoms with E-state index in [9.17, 15) is 9.90 Å². The Morgan fingerprint density at radius 1 is 1.35 bits per heavy atom. The molecule has 1 aromatic carbocycles. The Balaban J connectivity index is 1.74. The van der Waals surface area contributed by atoms with Crippen molar-refractivity contribution >= 4 is 5.91 Å². The zero-order valence-corrected chi connectivity index (χ0v) is 15.0. The first-order valence-corrected chi connectivity index (χ1v) is 8.01. The summed E-state index contributed by atoms with van der Waals surface area (Å²) in [5.41, 5.74) is 2.47. The number of aromatic nitrogens is 3. The van der Waals surface area contributed by atoms with Crippen LogP contribution in [0.25, 0.3) is 11.5 Å². The van der Waals surface area contributed by atoms with Gasteiger partial charge in [-0.15, -0.1) is 0 Å². The van der Waals surface area contributed by atoms with E-state index in [0.717, 1.165) is 5.69 Å². The van der Waals surface area contributed by atoms with Crippen LogP contribution < -0.4 is 10.1 Å². The molecule has 2 heterocycles. The topological polar surface area (TPSA) is 102 Å². The number of rotatable bonds is 5. The van der Waals surface area contributed by atoms with Gasteiger partial charge in [-0.2, -0.15) is 5.10 Å². The summed E-state index contributed by atoms with van der Waals surface area (Å²) in [5, 5.41) is 16.8. The highest BCUT2D eigenvalue weighted by molar-refractivity contribution is 5.92. The van der Waals surface area contributed by atoms with Crippen LogP contribution in [0.3, 0.4) is 0 Å². The van der Waals surface area contributed by atoms with Crippen molar-refractivity contribution in [1.82, 2.24) is 20.1 Å². The summed E-state index contributed by atoms with van der Waals surface area (Å²) in [6.45, 7) is 3.86. The maximum atomic E-state index is 12.2. The average molecular weight is 356 g/mol. The van der Waals surface area contributed by atoms with E-state index in [1.807, 2.05) is 6.92 Å². The summed E-state index contributed by atoms with van der Waals surface area (Å²) >= 11 is 0. The third-order valence-electron chi connectivity index (χ3n) is 4.08. The second-order valence-electron chi connectivity index (χ2n) is 5.89. The number of carbonyl (C=O) groups is 1. The number of aryl methyl sites for hydroxylation is 3. The summed E-state index contributed by atoms with van der Waals surface area (Å²) in [6, 6.07) is 6.61. The number of amides is 1. The summed E-state index contributed by atoms with van der Waals surface area (Å²) in [6.07, 6.45) is 0. The van der Waals surface area contributed by atoms with E-state index < -0.39 is 0 Å². The Kier molecular flexibility index (Phi) is 4.66. The molecule has 0 atom stereocenters. The van der Waals surface area contributed by atoms with E-state index in [-0.39, 0.29) is 18.2 Å². The molecule has 0 saturated heterocycles. The van der Waals surface area contributed by atoms with Crippen LogP contribution >= 0.6 is 0 Å². The number of oxazole rings is 1. The summed E-state index contributed by atoms with van der Waals surface area (Å²) < 4.78 is 12.3. The molecule has 0 spiro atoms. The molecule has 0 aliphatic heterocycles. The van der Waals surface area contributed by atoms with Gasteiger partial charge in [-0.3, -0.25) is 9.48 Å². The lowest BCUT2D eigenvalue weighted by atomic mass is 10.2. The smallest absolute Gasteiger partial charge is 0.272 e. The van der Waals surface area contributed by atoms with Crippen LogP contribution in [-0.4, -0.2) is 32.9 Å². The molecule has 1 amide bonds. The van der Waals surface area contributed by atoms with Gasteiger partial charge in [0, 0.05) is 18.3 Å². The lowest BCUT2D eigenvalue weighted by Gasteiger charge is -2.03. The number of phenolic OH excluding ortho intramolecular Hbond substituents is 1. The second-order valence-corrected chi connectivity index (χ2v) is 5.89. The average Bonchev–Trinajstić information content (AvgIpc) is 3.15. The number of phenols is 1. The number of hydrogen-bond donors (Lipinski definition) is 2. The van der Waals surface area contributed by atoms with Gasteiger partial charge in [-0.1, -0.05) is 0 Å². The Morgan fingerprint density at radius 2 is 2.12 bits per heavy atom. The van der Waals surface area contributed by atoms with Crippen LogP contribution in [0.2, 0.25) is 0 Å². The van der Waals surface area contributed by atoms with Crippen molar-refractivity contribution in [1.29, 1.82) is 0 Å². The number of methoxy groups -OCH3 is 1. The van der Waals surface area contributed by atoms with Crippen LogP contribution in [0, 0.1) is 13.8 Å². The molecule has 8 heteroatoms. The van der Waals surface area contributed by atoms with Gasteiger partial charge < -0.3 is 19.6 Å². The monoisotopic (exact) mass is 356 g/mol. The van der Waals surface area contributed by atoms with Gasteiger partial charge in [0.1, 0.15) is 17.1 Å². The number of nitrogens with zero attached hydrogens (tertiary/aromatic N) is 3. The van der Waals surface area contributed by atoms with Crippen molar-refractivity contribution in [2.75, 3.05) is 7.11 Å². The second kappa shape index (κ2) is 6.91. The van der Waals surface area contributed by atoms with E-state index in [1.165, 1.54) is 13.2 Å². The molecule has 0 saturated carbocycles. The molecular formula is C18H20N4O4. The quantitative estimate of drug-likeness (QED) is 0.727. The highest BCUT2D eigenvalue weighted by Crippen LogP contribution is 2.31. The fourth-order valence-corrected chi connectivity index (χ4v) is 2.46. The van der Waals surface area contributed by atoms with Gasteiger partial charge in [-0.25, -0.2) is 4.98 Å². The van der Waals surface area contributed by atoms with E-state index in [0.29, 0.717) is 34.4 Å². The molecule has 2 N–H and O–H groups in total. The highest BCUT2D eigenvalue weighted by atomic mass is 16.5. The minimum absolute atomic E-state index is 0.00114. The van der Waals surface area contributed by atoms with Crippen molar-refractivity contribution in [3.8, 4) is 23.0 Å². The van der Waals surface area contributed by atoms with Gasteiger partial charge in [0.25, 0.3) is 5.91 Å². The number of nitrogens with one attached hydrogen (secondary N) is 1. The van der Waals surface area contributed by atoms with Crippen molar-refractivity contribution in [3.63, 3.8) is 0 Å². The largest absolute Gasteiger partial charge is 0.504 e. The van der Waals surface area contributed by atoms with E-state index in [1.54, 1.807) is 36.9 Å². The van der Waals surface area contributed by atoms with Crippen molar-refractivity contribution in [2.24, 2.45) is 7.05 Å².